The highest BCUT2D eigenvalue weighted by Crippen LogP contribution is 2.47. The number of aromatic nitrogens is 1. The van der Waals surface area contributed by atoms with E-state index >= 15 is 0 Å². The number of nitrogens with zero attached hydrogens (tertiary/aromatic N) is 1. The lowest BCUT2D eigenvalue weighted by Crippen LogP contribution is -2.50. The van der Waals surface area contributed by atoms with Crippen molar-refractivity contribution < 1.29 is 9.31 Å². The topological polar surface area (TPSA) is 31.4 Å². The average molecular weight is 352 g/mol. The predicted octanol–water partition coefficient (Wildman–Crippen LogP) is 4.81. The summed E-state index contributed by atoms with van der Waals surface area (Å²) in [5.74, 6) is 0. The zero-order chi connectivity index (χ0) is 16.7. The summed E-state index contributed by atoms with van der Waals surface area (Å²) in [5.41, 5.74) is 0.456. The molecule has 124 valence electrons. The van der Waals surface area contributed by atoms with E-state index in [1.165, 1.54) is 0 Å². The van der Waals surface area contributed by atoms with Crippen LogP contribution in [0.15, 0.2) is 18.3 Å². The van der Waals surface area contributed by atoms with Gasteiger partial charge in [-0.3, -0.25) is 4.98 Å². The minimum Gasteiger partial charge on any atom is -0.398 e. The Hall–Kier alpha value is -0.615. The van der Waals surface area contributed by atoms with Crippen molar-refractivity contribution >= 4 is 45.0 Å². The maximum Gasteiger partial charge on any atom is 0.505 e. The predicted molar refractivity (Wildman–Crippen MR) is 98.8 cm³/mol. The Morgan fingerprint density at radius 1 is 1.09 bits per heavy atom. The standard InChI is InChI=1S/C17H23BClNO2S/c1-5-16(6-2)17(7-3,8-4)22-18(21-16)14-11-13-15(23-14)12(19)9-10-20-13/h9-11H,5-8H2,1-4H3. The maximum atomic E-state index is 6.52. The van der Waals surface area contributed by atoms with Crippen LogP contribution in [0, 0.1) is 0 Å². The molecule has 1 saturated heterocycles. The third-order valence-electron chi connectivity index (χ3n) is 5.40. The third-order valence-corrected chi connectivity index (χ3v) is 7.00. The van der Waals surface area contributed by atoms with Crippen LogP contribution in [0.2, 0.25) is 5.02 Å². The van der Waals surface area contributed by atoms with Crippen LogP contribution >= 0.6 is 22.9 Å². The molecule has 1 fully saturated rings. The molecule has 1 aliphatic rings. The van der Waals surface area contributed by atoms with Crippen LogP contribution in [-0.4, -0.2) is 23.3 Å². The number of halogens is 1. The first-order valence-electron chi connectivity index (χ1n) is 8.44. The normalized spacial score (nSPS) is 19.6. The number of fused-ring (bicyclic) bond motifs is 1. The number of pyridine rings is 1. The summed E-state index contributed by atoms with van der Waals surface area (Å²) in [7, 11) is -0.329. The van der Waals surface area contributed by atoms with Crippen molar-refractivity contribution in [3.63, 3.8) is 0 Å². The van der Waals surface area contributed by atoms with Crippen LogP contribution in [0.5, 0.6) is 0 Å². The minimum atomic E-state index is -0.329. The molecule has 0 radical (unpaired) electrons. The Balaban J connectivity index is 2.02. The third kappa shape index (κ3) is 2.53. The van der Waals surface area contributed by atoms with Crippen LogP contribution in [0.3, 0.4) is 0 Å². The molecule has 6 heteroatoms. The fourth-order valence-corrected chi connectivity index (χ4v) is 5.18. The van der Waals surface area contributed by atoms with Gasteiger partial charge < -0.3 is 9.31 Å². The summed E-state index contributed by atoms with van der Waals surface area (Å²) >= 11 is 7.91. The van der Waals surface area contributed by atoms with E-state index in [1.807, 2.05) is 12.1 Å². The highest BCUT2D eigenvalue weighted by molar-refractivity contribution is 7.28. The van der Waals surface area contributed by atoms with Crippen molar-refractivity contribution in [1.82, 2.24) is 4.98 Å². The van der Waals surface area contributed by atoms with Crippen molar-refractivity contribution in [3.8, 4) is 0 Å². The summed E-state index contributed by atoms with van der Waals surface area (Å²) < 4.78 is 15.1. The zero-order valence-corrected chi connectivity index (χ0v) is 15.8. The van der Waals surface area contributed by atoms with Gasteiger partial charge in [-0.15, -0.1) is 11.3 Å². The Bertz CT molecular complexity index is 677. The number of hydrogen-bond acceptors (Lipinski definition) is 4. The molecule has 0 spiro atoms. The Morgan fingerprint density at radius 3 is 2.13 bits per heavy atom. The molecule has 0 aliphatic carbocycles. The smallest absolute Gasteiger partial charge is 0.398 e. The first-order valence-corrected chi connectivity index (χ1v) is 9.63. The van der Waals surface area contributed by atoms with Crippen LogP contribution in [-0.2, 0) is 9.31 Å². The molecule has 2 aromatic rings. The van der Waals surface area contributed by atoms with Gasteiger partial charge in [0, 0.05) is 11.0 Å². The lowest BCUT2D eigenvalue weighted by molar-refractivity contribution is -0.0601. The Labute approximate surface area is 147 Å². The molecule has 2 aromatic heterocycles. The van der Waals surface area contributed by atoms with Gasteiger partial charge in [0.1, 0.15) is 0 Å². The van der Waals surface area contributed by atoms with E-state index in [9.17, 15) is 0 Å². The largest absolute Gasteiger partial charge is 0.505 e. The van der Waals surface area contributed by atoms with Gasteiger partial charge in [-0.1, -0.05) is 39.3 Å². The lowest BCUT2D eigenvalue weighted by atomic mass is 9.75. The fraction of sp³-hybridized carbons (Fsp3) is 0.588. The van der Waals surface area contributed by atoms with Gasteiger partial charge in [-0.05, 0) is 37.8 Å². The van der Waals surface area contributed by atoms with E-state index in [4.69, 9.17) is 20.9 Å². The quantitative estimate of drug-likeness (QED) is 0.724. The highest BCUT2D eigenvalue weighted by Gasteiger charge is 2.58. The molecule has 23 heavy (non-hydrogen) atoms. The van der Waals surface area contributed by atoms with Crippen LogP contribution in [0.4, 0.5) is 0 Å². The van der Waals surface area contributed by atoms with E-state index in [0.29, 0.717) is 0 Å². The highest BCUT2D eigenvalue weighted by atomic mass is 35.5. The van der Waals surface area contributed by atoms with Crippen molar-refractivity contribution in [2.75, 3.05) is 0 Å². The second-order valence-electron chi connectivity index (χ2n) is 6.13. The van der Waals surface area contributed by atoms with Gasteiger partial charge in [0.05, 0.1) is 26.4 Å². The molecule has 0 aromatic carbocycles. The van der Waals surface area contributed by atoms with E-state index in [-0.39, 0.29) is 18.3 Å². The molecule has 3 nitrogen and oxygen atoms in total. The Kier molecular flexibility index (Phi) is 4.76. The number of hydrogen-bond donors (Lipinski definition) is 0. The van der Waals surface area contributed by atoms with Crippen molar-refractivity contribution in [2.45, 2.75) is 64.6 Å². The monoisotopic (exact) mass is 351 g/mol. The van der Waals surface area contributed by atoms with Gasteiger partial charge in [-0.25, -0.2) is 0 Å². The second kappa shape index (κ2) is 6.36. The van der Waals surface area contributed by atoms with Gasteiger partial charge >= 0.3 is 7.12 Å². The summed E-state index contributed by atoms with van der Waals surface area (Å²) in [5, 5.41) is 0.735. The molecular weight excluding hydrogens is 329 g/mol. The first-order chi connectivity index (χ1) is 11.0. The lowest BCUT2D eigenvalue weighted by Gasteiger charge is -2.42. The van der Waals surface area contributed by atoms with Gasteiger partial charge in [-0.2, -0.15) is 0 Å². The van der Waals surface area contributed by atoms with E-state index in [2.05, 4.69) is 32.7 Å². The summed E-state index contributed by atoms with van der Waals surface area (Å²) in [6, 6.07) is 3.87. The van der Waals surface area contributed by atoms with Gasteiger partial charge in [0.2, 0.25) is 0 Å². The second-order valence-corrected chi connectivity index (χ2v) is 7.62. The number of rotatable bonds is 5. The van der Waals surface area contributed by atoms with Crippen LogP contribution in [0.25, 0.3) is 10.2 Å². The van der Waals surface area contributed by atoms with Gasteiger partial charge in [0.25, 0.3) is 0 Å². The number of thiophene rings is 1. The molecule has 0 N–H and O–H groups in total. The average Bonchev–Trinajstić information content (AvgIpc) is 3.15. The van der Waals surface area contributed by atoms with Crippen molar-refractivity contribution in [1.29, 1.82) is 0 Å². The first kappa shape index (κ1) is 17.2. The minimum absolute atomic E-state index is 0.228. The van der Waals surface area contributed by atoms with Crippen molar-refractivity contribution in [3.05, 3.63) is 23.4 Å². The Morgan fingerprint density at radius 2 is 1.65 bits per heavy atom. The zero-order valence-electron chi connectivity index (χ0n) is 14.2. The molecular formula is C17H23BClNO2S. The summed E-state index contributed by atoms with van der Waals surface area (Å²) in [4.78, 5) is 4.40. The van der Waals surface area contributed by atoms with Crippen molar-refractivity contribution in [2.24, 2.45) is 0 Å². The van der Waals surface area contributed by atoms with Crippen LogP contribution < -0.4 is 4.78 Å². The fourth-order valence-electron chi connectivity index (χ4n) is 3.93. The molecule has 0 saturated carbocycles. The van der Waals surface area contributed by atoms with E-state index < -0.39 is 0 Å². The maximum absolute atomic E-state index is 6.52. The molecule has 0 atom stereocenters. The van der Waals surface area contributed by atoms with E-state index in [1.54, 1.807) is 17.5 Å². The SMILES string of the molecule is CCC1(CC)OB(c2cc3nccc(Cl)c3s2)OC1(CC)CC. The van der Waals surface area contributed by atoms with E-state index in [0.717, 1.165) is 45.7 Å². The summed E-state index contributed by atoms with van der Waals surface area (Å²) in [6.07, 6.45) is 5.54. The van der Waals surface area contributed by atoms with Crippen LogP contribution in [0.1, 0.15) is 53.4 Å². The molecule has 0 bridgehead atoms. The summed E-state index contributed by atoms with van der Waals surface area (Å²) in [6.45, 7) is 8.77. The molecule has 0 unspecified atom stereocenters. The molecule has 1 aliphatic heterocycles. The van der Waals surface area contributed by atoms with Gasteiger partial charge in [0.15, 0.2) is 0 Å². The molecule has 3 rings (SSSR count). The molecule has 0 amide bonds. The molecule has 3 heterocycles.